The Morgan fingerprint density at radius 2 is 1.84 bits per heavy atom. The fraction of sp³-hybridized carbons (Fsp3) is 0.441. The Balaban J connectivity index is 1.56. The number of rotatable bonds is 8. The maximum Gasteiger partial charge on any atom is 0.123 e. The molecule has 9 heteroatoms. The van der Waals surface area contributed by atoms with Crippen LogP contribution in [0.3, 0.4) is 0 Å². The van der Waals surface area contributed by atoms with Gasteiger partial charge in [0.1, 0.15) is 12.0 Å². The van der Waals surface area contributed by atoms with E-state index in [0.717, 1.165) is 82.4 Å². The van der Waals surface area contributed by atoms with Crippen molar-refractivity contribution in [3.63, 3.8) is 0 Å². The lowest BCUT2D eigenvalue weighted by molar-refractivity contribution is -0.0200. The van der Waals surface area contributed by atoms with E-state index in [4.69, 9.17) is 4.98 Å². The molecule has 2 N–H and O–H groups in total. The van der Waals surface area contributed by atoms with E-state index in [-0.39, 0.29) is 11.9 Å². The van der Waals surface area contributed by atoms with Gasteiger partial charge in [-0.05, 0) is 87.8 Å². The molecule has 0 spiro atoms. The summed E-state index contributed by atoms with van der Waals surface area (Å²) >= 11 is 0. The van der Waals surface area contributed by atoms with E-state index in [9.17, 15) is 14.6 Å². The summed E-state index contributed by atoms with van der Waals surface area (Å²) in [6.07, 6.45) is 4.89. The van der Waals surface area contributed by atoms with Crippen LogP contribution in [0.5, 0.6) is 0 Å². The number of likely N-dealkylation sites (tertiary alicyclic amines) is 1. The number of piperidine rings is 1. The second kappa shape index (κ2) is 11.4. The fourth-order valence-electron chi connectivity index (χ4n) is 6.77. The molecule has 8 nitrogen and oxygen atoms in total. The van der Waals surface area contributed by atoms with Gasteiger partial charge in [0.2, 0.25) is 0 Å². The molecule has 1 aliphatic heterocycles. The van der Waals surface area contributed by atoms with Crippen molar-refractivity contribution in [1.82, 2.24) is 29.4 Å². The number of aromatic nitrogens is 5. The van der Waals surface area contributed by atoms with Gasteiger partial charge in [-0.1, -0.05) is 36.4 Å². The third-order valence-electron chi connectivity index (χ3n) is 9.15. The molecule has 5 aromatic rings. The molecule has 2 aromatic carbocycles. The SMILES string of the molecule is CCC(O)N1CCC(CC(c2cccc(F)c2)n2c3cc(C(C)(C)O)ccc3c3ncc(-c4c(C)nnn4C)cc32)CC1. The van der Waals surface area contributed by atoms with Crippen LogP contribution in [0.4, 0.5) is 4.39 Å². The summed E-state index contributed by atoms with van der Waals surface area (Å²) in [6.45, 7) is 9.20. The first kappa shape index (κ1) is 29.4. The van der Waals surface area contributed by atoms with E-state index in [1.54, 1.807) is 30.7 Å². The number of aryl methyl sites for hydroxylation is 2. The summed E-state index contributed by atoms with van der Waals surface area (Å²) in [6, 6.07) is 14.9. The van der Waals surface area contributed by atoms with Crippen molar-refractivity contribution in [2.45, 2.75) is 71.2 Å². The largest absolute Gasteiger partial charge is 0.386 e. The van der Waals surface area contributed by atoms with Crippen LogP contribution in [0, 0.1) is 18.7 Å². The summed E-state index contributed by atoms with van der Waals surface area (Å²) in [4.78, 5) is 7.14. The Morgan fingerprint density at radius 1 is 1.07 bits per heavy atom. The molecule has 0 bridgehead atoms. The summed E-state index contributed by atoms with van der Waals surface area (Å²) < 4.78 is 18.9. The van der Waals surface area contributed by atoms with Gasteiger partial charge < -0.3 is 14.8 Å². The molecule has 43 heavy (non-hydrogen) atoms. The third-order valence-corrected chi connectivity index (χ3v) is 9.15. The zero-order valence-corrected chi connectivity index (χ0v) is 25.6. The average Bonchev–Trinajstić information content (AvgIpc) is 3.50. The molecular formula is C34H41FN6O2. The average molecular weight is 585 g/mol. The second-order valence-electron chi connectivity index (χ2n) is 12.6. The van der Waals surface area contributed by atoms with Crippen molar-refractivity contribution in [3.8, 4) is 11.3 Å². The first-order valence-electron chi connectivity index (χ1n) is 15.3. The Labute approximate surface area is 251 Å². The topological polar surface area (TPSA) is 92.2 Å². The Hall–Kier alpha value is -3.66. The molecule has 0 radical (unpaired) electrons. The molecule has 3 aromatic heterocycles. The standard InChI is InChI=1S/C34H41FN6O2/c1-6-31(42)40-14-12-22(13-15-40)16-28(23-8-7-9-26(35)17-23)41-29-19-25(34(3,4)43)10-11-27(29)32-30(41)18-24(20-36-32)33-21(2)37-38-39(33)5/h7-11,17-20,22,28,31,42-43H,6,12-16H2,1-5H3. The molecule has 1 saturated heterocycles. The molecule has 6 rings (SSSR count). The van der Waals surface area contributed by atoms with Crippen molar-refractivity contribution in [2.24, 2.45) is 13.0 Å². The van der Waals surface area contributed by atoms with Gasteiger partial charge in [0.05, 0.1) is 39.6 Å². The van der Waals surface area contributed by atoms with Crippen molar-refractivity contribution in [1.29, 1.82) is 0 Å². The van der Waals surface area contributed by atoms with E-state index in [1.807, 2.05) is 45.3 Å². The summed E-state index contributed by atoms with van der Waals surface area (Å²) in [5.74, 6) is 0.120. The second-order valence-corrected chi connectivity index (χ2v) is 12.6. The van der Waals surface area contributed by atoms with Crippen LogP contribution >= 0.6 is 0 Å². The zero-order valence-electron chi connectivity index (χ0n) is 25.6. The molecule has 1 fully saturated rings. The van der Waals surface area contributed by atoms with Crippen molar-refractivity contribution in [3.05, 3.63) is 77.4 Å². The molecule has 0 aliphatic carbocycles. The minimum atomic E-state index is -1.03. The number of fused-ring (bicyclic) bond motifs is 3. The molecule has 2 unspecified atom stereocenters. The van der Waals surface area contributed by atoms with E-state index < -0.39 is 11.8 Å². The van der Waals surface area contributed by atoms with Crippen molar-refractivity contribution >= 4 is 21.9 Å². The lowest BCUT2D eigenvalue weighted by atomic mass is 9.87. The first-order valence-corrected chi connectivity index (χ1v) is 15.3. The van der Waals surface area contributed by atoms with Crippen LogP contribution in [0.25, 0.3) is 33.2 Å². The predicted octanol–water partition coefficient (Wildman–Crippen LogP) is 6.08. The highest BCUT2D eigenvalue weighted by atomic mass is 19.1. The predicted molar refractivity (Wildman–Crippen MR) is 167 cm³/mol. The zero-order chi connectivity index (χ0) is 30.5. The number of nitrogens with zero attached hydrogens (tertiary/aromatic N) is 6. The van der Waals surface area contributed by atoms with Crippen LogP contribution in [0.2, 0.25) is 0 Å². The number of hydrogen-bond donors (Lipinski definition) is 2. The molecule has 1 aliphatic rings. The van der Waals surface area contributed by atoms with Crippen LogP contribution in [0.15, 0.2) is 54.7 Å². The number of aliphatic hydroxyl groups excluding tert-OH is 1. The van der Waals surface area contributed by atoms with Crippen LogP contribution in [0.1, 0.15) is 69.3 Å². The lowest BCUT2D eigenvalue weighted by Crippen LogP contribution is -2.41. The summed E-state index contributed by atoms with van der Waals surface area (Å²) in [7, 11) is 1.88. The van der Waals surface area contributed by atoms with Gasteiger partial charge in [0.15, 0.2) is 0 Å². The van der Waals surface area contributed by atoms with Gasteiger partial charge in [-0.25, -0.2) is 9.07 Å². The quantitative estimate of drug-likeness (QED) is 0.230. The molecule has 226 valence electrons. The van der Waals surface area contributed by atoms with Gasteiger partial charge in [-0.2, -0.15) is 0 Å². The van der Waals surface area contributed by atoms with E-state index in [2.05, 4.69) is 31.9 Å². The smallest absolute Gasteiger partial charge is 0.123 e. The van der Waals surface area contributed by atoms with Crippen LogP contribution < -0.4 is 0 Å². The fourth-order valence-corrected chi connectivity index (χ4v) is 6.77. The highest BCUT2D eigenvalue weighted by molar-refractivity contribution is 6.07. The van der Waals surface area contributed by atoms with E-state index in [1.165, 1.54) is 6.07 Å². The number of benzene rings is 2. The highest BCUT2D eigenvalue weighted by Crippen LogP contribution is 2.41. The van der Waals surface area contributed by atoms with Gasteiger partial charge >= 0.3 is 0 Å². The van der Waals surface area contributed by atoms with Gasteiger partial charge in [0.25, 0.3) is 0 Å². The minimum absolute atomic E-state index is 0.178. The van der Waals surface area contributed by atoms with E-state index in [0.29, 0.717) is 12.3 Å². The lowest BCUT2D eigenvalue weighted by Gasteiger charge is -2.36. The Bertz CT molecular complexity index is 1740. The normalized spacial score (nSPS) is 16.7. The number of aliphatic hydroxyl groups is 2. The maximum atomic E-state index is 14.8. The van der Waals surface area contributed by atoms with E-state index >= 15 is 0 Å². The number of pyridine rings is 1. The molecule has 2 atom stereocenters. The maximum absolute atomic E-state index is 14.8. The molecule has 4 heterocycles. The van der Waals surface area contributed by atoms with Crippen LogP contribution in [-0.2, 0) is 12.6 Å². The Kier molecular flexibility index (Phi) is 7.83. The third kappa shape index (κ3) is 5.57. The highest BCUT2D eigenvalue weighted by Gasteiger charge is 2.30. The van der Waals surface area contributed by atoms with Gasteiger partial charge in [-0.3, -0.25) is 9.88 Å². The number of hydrogen-bond acceptors (Lipinski definition) is 6. The van der Waals surface area contributed by atoms with Gasteiger partial charge in [0, 0.05) is 37.3 Å². The summed E-state index contributed by atoms with van der Waals surface area (Å²) in [5.41, 5.74) is 6.03. The van der Waals surface area contributed by atoms with Gasteiger partial charge in [-0.15, -0.1) is 5.10 Å². The Morgan fingerprint density at radius 3 is 2.49 bits per heavy atom. The minimum Gasteiger partial charge on any atom is -0.386 e. The molecule has 0 amide bonds. The number of halogens is 1. The molecule has 0 saturated carbocycles. The van der Waals surface area contributed by atoms with Crippen molar-refractivity contribution < 1.29 is 14.6 Å². The summed E-state index contributed by atoms with van der Waals surface area (Å²) in [5, 5.41) is 30.8. The first-order chi connectivity index (χ1) is 20.5. The monoisotopic (exact) mass is 584 g/mol. The van der Waals surface area contributed by atoms with Crippen LogP contribution in [-0.4, -0.2) is 59.0 Å². The molecular weight excluding hydrogens is 543 g/mol. The van der Waals surface area contributed by atoms with Crippen molar-refractivity contribution in [2.75, 3.05) is 13.1 Å².